The van der Waals surface area contributed by atoms with Gasteiger partial charge in [0.2, 0.25) is 6.17 Å². The molecule has 1 aliphatic heterocycles. The number of ether oxygens (including phenoxy) is 1. The van der Waals surface area contributed by atoms with Crippen LogP contribution in [-0.2, 0) is 14.3 Å². The summed E-state index contributed by atoms with van der Waals surface area (Å²) in [6.07, 6.45) is -2.14. The molecule has 1 saturated heterocycles. The van der Waals surface area contributed by atoms with Gasteiger partial charge in [0.15, 0.2) is 0 Å². The van der Waals surface area contributed by atoms with Gasteiger partial charge in [0.1, 0.15) is 0 Å². The number of halogens is 1. The van der Waals surface area contributed by atoms with E-state index in [9.17, 15) is 14.0 Å². The summed E-state index contributed by atoms with van der Waals surface area (Å²) in [5.74, 6) is -1.84. The molecule has 44 valence electrons. The van der Waals surface area contributed by atoms with Gasteiger partial charge in [-0.1, -0.05) is 0 Å². The van der Waals surface area contributed by atoms with E-state index in [2.05, 4.69) is 4.74 Å². The Morgan fingerprint density at radius 3 is 2.38 bits per heavy atom. The second-order valence-corrected chi connectivity index (χ2v) is 1.46. The maximum absolute atomic E-state index is 11.9. The van der Waals surface area contributed by atoms with Crippen LogP contribution in [0, 0.1) is 0 Å². The smallest absolute Gasteiger partial charge is 0.348 e. The zero-order valence-corrected chi connectivity index (χ0v) is 3.89. The standard InChI is InChI=1S/C4H3FO3/c5-2-1-3(6)8-4(2)7/h2H,1H2/t2-/m1/s1. The van der Waals surface area contributed by atoms with Crippen molar-refractivity contribution in [2.75, 3.05) is 0 Å². The number of esters is 2. The summed E-state index contributed by atoms with van der Waals surface area (Å²) in [5, 5.41) is 0. The topological polar surface area (TPSA) is 43.4 Å². The first-order valence-corrected chi connectivity index (χ1v) is 2.09. The van der Waals surface area contributed by atoms with E-state index in [1.807, 2.05) is 0 Å². The van der Waals surface area contributed by atoms with Crippen LogP contribution in [0.1, 0.15) is 6.42 Å². The van der Waals surface area contributed by atoms with E-state index in [4.69, 9.17) is 0 Å². The minimum atomic E-state index is -1.72. The first-order valence-electron chi connectivity index (χ1n) is 2.09. The average Bonchev–Trinajstić information content (AvgIpc) is 1.85. The third-order valence-corrected chi connectivity index (χ3v) is 0.816. The molecule has 0 spiro atoms. The lowest BCUT2D eigenvalue weighted by Crippen LogP contribution is -2.06. The minimum absolute atomic E-state index is 0.418. The Bertz CT molecular complexity index is 142. The highest BCUT2D eigenvalue weighted by Gasteiger charge is 2.32. The Labute approximate surface area is 44.4 Å². The normalized spacial score (nSPS) is 28.4. The molecule has 0 N–H and O–H groups in total. The first kappa shape index (κ1) is 5.21. The molecular weight excluding hydrogens is 115 g/mol. The summed E-state index contributed by atoms with van der Waals surface area (Å²) in [6, 6.07) is 0. The molecule has 8 heavy (non-hydrogen) atoms. The molecule has 0 bridgehead atoms. The molecule has 0 aromatic rings. The second kappa shape index (κ2) is 1.54. The summed E-state index contributed by atoms with van der Waals surface area (Å²) >= 11 is 0. The number of cyclic esters (lactones) is 2. The zero-order chi connectivity index (χ0) is 6.15. The Balaban J connectivity index is 2.64. The highest BCUT2D eigenvalue weighted by molar-refractivity contribution is 5.96. The molecule has 1 aliphatic rings. The lowest BCUT2D eigenvalue weighted by atomic mass is 10.3. The Hall–Kier alpha value is -0.930. The van der Waals surface area contributed by atoms with Crippen LogP contribution in [-0.4, -0.2) is 18.1 Å². The third-order valence-electron chi connectivity index (χ3n) is 0.816. The molecule has 3 nitrogen and oxygen atoms in total. The molecule has 0 amide bonds. The highest BCUT2D eigenvalue weighted by atomic mass is 19.1. The predicted octanol–water partition coefficient (Wildman–Crippen LogP) is -0.202. The van der Waals surface area contributed by atoms with Crippen LogP contribution in [0.25, 0.3) is 0 Å². The summed E-state index contributed by atoms with van der Waals surface area (Å²) in [7, 11) is 0. The largest absolute Gasteiger partial charge is 0.391 e. The van der Waals surface area contributed by atoms with Crippen LogP contribution in [0.5, 0.6) is 0 Å². The van der Waals surface area contributed by atoms with Gasteiger partial charge in [-0.2, -0.15) is 0 Å². The SMILES string of the molecule is O=C1C[C@@H](F)C(=O)O1. The molecule has 1 atom stereocenters. The predicted molar refractivity (Wildman–Crippen MR) is 20.6 cm³/mol. The zero-order valence-electron chi connectivity index (χ0n) is 3.89. The number of alkyl halides is 1. The number of hydrogen-bond donors (Lipinski definition) is 0. The van der Waals surface area contributed by atoms with Crippen LogP contribution in [0.3, 0.4) is 0 Å². The second-order valence-electron chi connectivity index (χ2n) is 1.46. The fourth-order valence-corrected chi connectivity index (χ4v) is 0.447. The molecule has 1 heterocycles. The van der Waals surface area contributed by atoms with Crippen LogP contribution in [0.15, 0.2) is 0 Å². The van der Waals surface area contributed by atoms with Crippen molar-refractivity contribution in [2.45, 2.75) is 12.6 Å². The molecule has 0 saturated carbocycles. The van der Waals surface area contributed by atoms with Gasteiger partial charge in [-0.05, 0) is 0 Å². The minimum Gasteiger partial charge on any atom is -0.391 e. The molecule has 1 fully saturated rings. The molecule has 0 radical (unpaired) electrons. The monoisotopic (exact) mass is 118 g/mol. The molecule has 0 unspecified atom stereocenters. The van der Waals surface area contributed by atoms with Gasteiger partial charge in [0.25, 0.3) is 0 Å². The van der Waals surface area contributed by atoms with E-state index in [-0.39, 0.29) is 0 Å². The van der Waals surface area contributed by atoms with Crippen molar-refractivity contribution in [3.05, 3.63) is 0 Å². The van der Waals surface area contributed by atoms with Crippen LogP contribution in [0.2, 0.25) is 0 Å². The lowest BCUT2D eigenvalue weighted by molar-refractivity contribution is -0.153. The van der Waals surface area contributed by atoms with E-state index < -0.39 is 24.5 Å². The molecule has 0 aromatic heterocycles. The number of carbonyl (C=O) groups excluding carboxylic acids is 2. The number of carbonyl (C=O) groups is 2. The molecule has 0 aromatic carbocycles. The fraction of sp³-hybridized carbons (Fsp3) is 0.500. The van der Waals surface area contributed by atoms with Crippen molar-refractivity contribution in [3.63, 3.8) is 0 Å². The van der Waals surface area contributed by atoms with E-state index in [0.717, 1.165) is 0 Å². The molecule has 0 aliphatic carbocycles. The average molecular weight is 118 g/mol. The molecule has 1 rings (SSSR count). The van der Waals surface area contributed by atoms with Crippen LogP contribution in [0.4, 0.5) is 4.39 Å². The van der Waals surface area contributed by atoms with Gasteiger partial charge in [0.05, 0.1) is 6.42 Å². The van der Waals surface area contributed by atoms with Crippen molar-refractivity contribution >= 4 is 11.9 Å². The molecule has 4 heteroatoms. The van der Waals surface area contributed by atoms with Crippen molar-refractivity contribution in [3.8, 4) is 0 Å². The van der Waals surface area contributed by atoms with E-state index in [1.54, 1.807) is 0 Å². The summed E-state index contributed by atoms with van der Waals surface area (Å²) in [6.45, 7) is 0. The fourth-order valence-electron chi connectivity index (χ4n) is 0.447. The molecular formula is C4H3FO3. The quantitative estimate of drug-likeness (QED) is 0.326. The summed E-state index contributed by atoms with van der Waals surface area (Å²) < 4.78 is 15.7. The van der Waals surface area contributed by atoms with E-state index >= 15 is 0 Å². The van der Waals surface area contributed by atoms with Crippen LogP contribution >= 0.6 is 0 Å². The Morgan fingerprint density at radius 2 is 2.25 bits per heavy atom. The van der Waals surface area contributed by atoms with Crippen molar-refractivity contribution in [1.82, 2.24) is 0 Å². The van der Waals surface area contributed by atoms with Gasteiger partial charge in [0, 0.05) is 0 Å². The van der Waals surface area contributed by atoms with Crippen molar-refractivity contribution < 1.29 is 18.7 Å². The van der Waals surface area contributed by atoms with Crippen molar-refractivity contribution in [2.24, 2.45) is 0 Å². The van der Waals surface area contributed by atoms with E-state index in [0.29, 0.717) is 0 Å². The van der Waals surface area contributed by atoms with Gasteiger partial charge in [-0.15, -0.1) is 0 Å². The van der Waals surface area contributed by atoms with Crippen LogP contribution < -0.4 is 0 Å². The van der Waals surface area contributed by atoms with Gasteiger partial charge in [-0.3, -0.25) is 4.79 Å². The Morgan fingerprint density at radius 1 is 1.62 bits per heavy atom. The first-order chi connectivity index (χ1) is 3.70. The third kappa shape index (κ3) is 0.685. The number of rotatable bonds is 0. The maximum Gasteiger partial charge on any atom is 0.348 e. The maximum atomic E-state index is 11.9. The van der Waals surface area contributed by atoms with Gasteiger partial charge >= 0.3 is 11.9 Å². The van der Waals surface area contributed by atoms with Gasteiger partial charge in [-0.25, -0.2) is 9.18 Å². The number of hydrogen-bond acceptors (Lipinski definition) is 3. The lowest BCUT2D eigenvalue weighted by Gasteiger charge is -1.83. The van der Waals surface area contributed by atoms with E-state index in [1.165, 1.54) is 0 Å². The summed E-state index contributed by atoms with van der Waals surface area (Å²) in [5.41, 5.74) is 0. The van der Waals surface area contributed by atoms with Gasteiger partial charge < -0.3 is 4.74 Å². The Kier molecular flexibility index (Phi) is 1.00. The summed E-state index contributed by atoms with van der Waals surface area (Å²) in [4.78, 5) is 19.9. The van der Waals surface area contributed by atoms with Crippen molar-refractivity contribution in [1.29, 1.82) is 0 Å². The highest BCUT2D eigenvalue weighted by Crippen LogP contribution is 2.10.